The van der Waals surface area contributed by atoms with Crippen molar-refractivity contribution >= 4 is 15.9 Å². The van der Waals surface area contributed by atoms with Crippen molar-refractivity contribution in [2.75, 3.05) is 13.2 Å². The zero-order valence-corrected chi connectivity index (χ0v) is 13.7. The van der Waals surface area contributed by atoms with E-state index in [1.807, 2.05) is 24.3 Å². The second-order valence-electron chi connectivity index (χ2n) is 5.09. The van der Waals surface area contributed by atoms with Gasteiger partial charge in [0.25, 0.3) is 0 Å². The first kappa shape index (κ1) is 16.1. The normalized spacial score (nSPS) is 22.1. The van der Waals surface area contributed by atoms with Crippen LogP contribution in [-0.2, 0) is 4.74 Å². The van der Waals surface area contributed by atoms with Crippen molar-refractivity contribution in [1.82, 2.24) is 0 Å². The van der Waals surface area contributed by atoms with E-state index in [0.717, 1.165) is 30.8 Å². The molecule has 1 fully saturated rings. The molecule has 112 valence electrons. The molecule has 0 N–H and O–H groups in total. The SMILES string of the molecule is C=C/C=C\C(=C)COc1ccc(C2CC(Br)CCO2)cc1. The molecule has 1 aliphatic heterocycles. The van der Waals surface area contributed by atoms with Gasteiger partial charge in [-0.2, -0.15) is 0 Å². The molecule has 1 aromatic carbocycles. The Balaban J connectivity index is 1.88. The van der Waals surface area contributed by atoms with Gasteiger partial charge in [0.1, 0.15) is 12.4 Å². The zero-order chi connectivity index (χ0) is 15.1. The van der Waals surface area contributed by atoms with Crippen molar-refractivity contribution < 1.29 is 9.47 Å². The van der Waals surface area contributed by atoms with Gasteiger partial charge in [0.2, 0.25) is 0 Å². The van der Waals surface area contributed by atoms with Crippen LogP contribution in [0.3, 0.4) is 0 Å². The van der Waals surface area contributed by atoms with E-state index in [1.165, 1.54) is 5.56 Å². The van der Waals surface area contributed by atoms with E-state index in [-0.39, 0.29) is 6.10 Å². The summed E-state index contributed by atoms with van der Waals surface area (Å²) in [6, 6.07) is 8.13. The molecular formula is C18H21BrO2. The van der Waals surface area contributed by atoms with Crippen LogP contribution in [-0.4, -0.2) is 18.0 Å². The number of ether oxygens (including phenoxy) is 2. The number of hydrogen-bond donors (Lipinski definition) is 0. The Morgan fingerprint density at radius 2 is 2.14 bits per heavy atom. The molecule has 0 aromatic heterocycles. The second kappa shape index (κ2) is 8.20. The third kappa shape index (κ3) is 5.18. The van der Waals surface area contributed by atoms with Crippen molar-refractivity contribution in [2.24, 2.45) is 0 Å². The average molecular weight is 349 g/mol. The molecule has 3 heteroatoms. The first-order chi connectivity index (χ1) is 10.2. The molecule has 1 aromatic rings. The molecule has 0 spiro atoms. The Morgan fingerprint density at radius 3 is 2.81 bits per heavy atom. The molecule has 21 heavy (non-hydrogen) atoms. The summed E-state index contributed by atoms with van der Waals surface area (Å²) < 4.78 is 11.5. The van der Waals surface area contributed by atoms with Crippen LogP contribution in [0.2, 0.25) is 0 Å². The molecular weight excluding hydrogens is 328 g/mol. The van der Waals surface area contributed by atoms with Gasteiger partial charge in [0.05, 0.1) is 6.10 Å². The molecule has 2 nitrogen and oxygen atoms in total. The quantitative estimate of drug-likeness (QED) is 0.533. The summed E-state index contributed by atoms with van der Waals surface area (Å²) in [6.07, 6.45) is 7.75. The van der Waals surface area contributed by atoms with Crippen LogP contribution in [0.1, 0.15) is 24.5 Å². The highest BCUT2D eigenvalue weighted by Crippen LogP contribution is 2.32. The van der Waals surface area contributed by atoms with Gasteiger partial charge in [-0.05, 0) is 36.1 Å². The fourth-order valence-corrected chi connectivity index (χ4v) is 2.72. The van der Waals surface area contributed by atoms with Gasteiger partial charge < -0.3 is 9.47 Å². The monoisotopic (exact) mass is 348 g/mol. The van der Waals surface area contributed by atoms with Gasteiger partial charge >= 0.3 is 0 Å². The smallest absolute Gasteiger partial charge is 0.119 e. The van der Waals surface area contributed by atoms with Gasteiger partial charge in [0.15, 0.2) is 0 Å². The van der Waals surface area contributed by atoms with Gasteiger partial charge in [-0.15, -0.1) is 0 Å². The van der Waals surface area contributed by atoms with Crippen LogP contribution >= 0.6 is 15.9 Å². The van der Waals surface area contributed by atoms with Crippen LogP contribution in [0.15, 0.2) is 61.2 Å². The Kier molecular flexibility index (Phi) is 6.27. The van der Waals surface area contributed by atoms with Crippen LogP contribution < -0.4 is 4.74 Å². The van der Waals surface area contributed by atoms with Crippen molar-refractivity contribution in [3.8, 4) is 5.75 Å². The Labute approximate surface area is 135 Å². The van der Waals surface area contributed by atoms with Crippen molar-refractivity contribution in [1.29, 1.82) is 0 Å². The number of allylic oxidation sites excluding steroid dienone is 2. The Hall–Kier alpha value is -1.32. The molecule has 2 rings (SSSR count). The highest BCUT2D eigenvalue weighted by Gasteiger charge is 2.21. The van der Waals surface area contributed by atoms with E-state index >= 15 is 0 Å². The van der Waals surface area contributed by atoms with Crippen LogP contribution in [0, 0.1) is 0 Å². The molecule has 0 radical (unpaired) electrons. The van der Waals surface area contributed by atoms with E-state index in [9.17, 15) is 0 Å². The number of hydrogen-bond acceptors (Lipinski definition) is 2. The molecule has 1 saturated heterocycles. The Morgan fingerprint density at radius 1 is 1.38 bits per heavy atom. The fraction of sp³-hybridized carbons (Fsp3) is 0.333. The highest BCUT2D eigenvalue weighted by atomic mass is 79.9. The average Bonchev–Trinajstić information content (AvgIpc) is 2.51. The number of benzene rings is 1. The first-order valence-corrected chi connectivity index (χ1v) is 8.06. The van der Waals surface area contributed by atoms with Gasteiger partial charge in [-0.3, -0.25) is 0 Å². The van der Waals surface area contributed by atoms with Crippen molar-refractivity contribution in [3.63, 3.8) is 0 Å². The summed E-state index contributed by atoms with van der Waals surface area (Å²) in [5.41, 5.74) is 2.12. The first-order valence-electron chi connectivity index (χ1n) is 7.14. The largest absolute Gasteiger partial charge is 0.489 e. The molecule has 0 bridgehead atoms. The predicted octanol–water partition coefficient (Wildman–Crippen LogP) is 4.98. The molecule has 2 unspecified atom stereocenters. The summed E-state index contributed by atoms with van der Waals surface area (Å²) >= 11 is 3.67. The van der Waals surface area contributed by atoms with Gasteiger partial charge in [0, 0.05) is 11.4 Å². The van der Waals surface area contributed by atoms with Crippen molar-refractivity contribution in [2.45, 2.75) is 23.8 Å². The van der Waals surface area contributed by atoms with E-state index in [0.29, 0.717) is 11.4 Å². The summed E-state index contributed by atoms with van der Waals surface area (Å²) in [5, 5.41) is 0. The lowest BCUT2D eigenvalue weighted by Gasteiger charge is -2.26. The van der Waals surface area contributed by atoms with Crippen molar-refractivity contribution in [3.05, 3.63) is 66.8 Å². The lowest BCUT2D eigenvalue weighted by atomic mass is 10.0. The summed E-state index contributed by atoms with van der Waals surface area (Å²) in [6.45, 7) is 8.84. The maximum Gasteiger partial charge on any atom is 0.119 e. The highest BCUT2D eigenvalue weighted by molar-refractivity contribution is 9.09. The van der Waals surface area contributed by atoms with Crippen LogP contribution in [0.5, 0.6) is 5.75 Å². The van der Waals surface area contributed by atoms with E-state index in [1.54, 1.807) is 6.08 Å². The topological polar surface area (TPSA) is 18.5 Å². The molecule has 0 amide bonds. The minimum Gasteiger partial charge on any atom is -0.489 e. The third-order valence-electron chi connectivity index (χ3n) is 3.36. The lowest BCUT2D eigenvalue weighted by Crippen LogP contribution is -2.19. The predicted molar refractivity (Wildman–Crippen MR) is 91.1 cm³/mol. The molecule has 2 atom stereocenters. The Bertz CT molecular complexity index is 504. The van der Waals surface area contributed by atoms with Crippen LogP contribution in [0.25, 0.3) is 0 Å². The van der Waals surface area contributed by atoms with Gasteiger partial charge in [-0.25, -0.2) is 0 Å². The third-order valence-corrected chi connectivity index (χ3v) is 4.20. The minimum atomic E-state index is 0.183. The fourth-order valence-electron chi connectivity index (χ4n) is 2.20. The van der Waals surface area contributed by atoms with Crippen LogP contribution in [0.4, 0.5) is 0 Å². The maximum atomic E-state index is 5.81. The maximum absolute atomic E-state index is 5.81. The molecule has 1 heterocycles. The minimum absolute atomic E-state index is 0.183. The summed E-state index contributed by atoms with van der Waals surface area (Å²) in [4.78, 5) is 0.548. The molecule has 0 aliphatic carbocycles. The molecule has 0 saturated carbocycles. The standard InChI is InChI=1S/C18H21BrO2/c1-3-4-5-14(2)13-21-17-8-6-15(7-9-17)18-12-16(19)10-11-20-18/h3-9,16,18H,1-2,10-13H2/b5-4-. The van der Waals surface area contributed by atoms with E-state index in [2.05, 4.69) is 41.2 Å². The molecule has 1 aliphatic rings. The summed E-state index contributed by atoms with van der Waals surface area (Å²) in [7, 11) is 0. The number of alkyl halides is 1. The van der Waals surface area contributed by atoms with Gasteiger partial charge in [-0.1, -0.05) is 59.4 Å². The summed E-state index contributed by atoms with van der Waals surface area (Å²) in [5.74, 6) is 0.845. The van der Waals surface area contributed by atoms with E-state index in [4.69, 9.17) is 9.47 Å². The lowest BCUT2D eigenvalue weighted by molar-refractivity contribution is 0.0187. The van der Waals surface area contributed by atoms with E-state index < -0.39 is 0 Å². The zero-order valence-electron chi connectivity index (χ0n) is 12.1. The number of halogens is 1. The number of rotatable bonds is 6. The second-order valence-corrected chi connectivity index (χ2v) is 6.39.